The molecular formula is C28H46O2. The van der Waals surface area contributed by atoms with Crippen molar-refractivity contribution >= 4 is 0 Å². The van der Waals surface area contributed by atoms with Gasteiger partial charge in [-0.25, -0.2) is 0 Å². The summed E-state index contributed by atoms with van der Waals surface area (Å²) in [5.74, 6) is 6.52. The molecule has 0 aromatic rings. The van der Waals surface area contributed by atoms with Crippen molar-refractivity contribution in [3.05, 3.63) is 0 Å². The van der Waals surface area contributed by atoms with Crippen LogP contribution in [0.4, 0.5) is 0 Å². The predicted octanol–water partition coefficient (Wildman–Crippen LogP) is 7.07. The highest BCUT2D eigenvalue weighted by molar-refractivity contribution is 5.15. The summed E-state index contributed by atoms with van der Waals surface area (Å²) in [4.78, 5) is 0. The van der Waals surface area contributed by atoms with E-state index in [9.17, 15) is 0 Å². The minimum atomic E-state index is -0.254. The van der Waals surface area contributed by atoms with Gasteiger partial charge in [-0.15, -0.1) is 0 Å². The van der Waals surface area contributed by atoms with Gasteiger partial charge < -0.3 is 9.47 Å². The van der Waals surface area contributed by atoms with Gasteiger partial charge in [0, 0.05) is 12.3 Å². The van der Waals surface area contributed by atoms with Gasteiger partial charge in [0.15, 0.2) is 5.79 Å². The monoisotopic (exact) mass is 414 g/mol. The van der Waals surface area contributed by atoms with Crippen LogP contribution in [-0.2, 0) is 9.47 Å². The van der Waals surface area contributed by atoms with E-state index in [0.29, 0.717) is 34.7 Å². The standard InChI is InChI=1S/C28H46O2/c1-17-8-11-26(4)20(14-17)6-7-21-22(26)10-12-27(5)23(21)15-24-25(27)19(3)28(30-24)13-9-18(2)16-29-28/h17-25H,6-16H2,1-5H3/t17-,18+,19+,20-,21-,22+,23+,24+,25+,26+,27+,28-/m1/s1. The van der Waals surface area contributed by atoms with Gasteiger partial charge in [0.05, 0.1) is 12.7 Å². The van der Waals surface area contributed by atoms with E-state index in [0.717, 1.165) is 42.6 Å². The smallest absolute Gasteiger partial charge is 0.171 e. The molecule has 2 saturated heterocycles. The van der Waals surface area contributed by atoms with Gasteiger partial charge in [-0.2, -0.15) is 0 Å². The van der Waals surface area contributed by atoms with Crippen LogP contribution in [0.2, 0.25) is 0 Å². The Morgan fingerprint density at radius 2 is 1.50 bits per heavy atom. The van der Waals surface area contributed by atoms with E-state index in [-0.39, 0.29) is 5.79 Å². The van der Waals surface area contributed by atoms with Crippen LogP contribution < -0.4 is 0 Å². The third-order valence-electron chi connectivity index (χ3n) is 12.2. The van der Waals surface area contributed by atoms with Crippen molar-refractivity contribution in [2.45, 2.75) is 111 Å². The lowest BCUT2D eigenvalue weighted by atomic mass is 9.44. The average molecular weight is 415 g/mol. The molecule has 30 heavy (non-hydrogen) atoms. The van der Waals surface area contributed by atoms with Crippen molar-refractivity contribution in [2.24, 2.45) is 58.2 Å². The lowest BCUT2D eigenvalue weighted by molar-refractivity contribution is -0.273. The molecule has 4 saturated carbocycles. The molecule has 0 radical (unpaired) electrons. The molecule has 4 aliphatic carbocycles. The lowest BCUT2D eigenvalue weighted by Crippen LogP contribution is -2.54. The maximum Gasteiger partial charge on any atom is 0.171 e. The summed E-state index contributed by atoms with van der Waals surface area (Å²) in [6.45, 7) is 13.6. The molecule has 170 valence electrons. The Labute approximate surface area is 185 Å². The molecule has 6 aliphatic rings. The van der Waals surface area contributed by atoms with Crippen LogP contribution >= 0.6 is 0 Å². The van der Waals surface area contributed by atoms with E-state index in [2.05, 4.69) is 34.6 Å². The summed E-state index contributed by atoms with van der Waals surface area (Å²) in [5, 5.41) is 0. The normalized spacial score (nSPS) is 62.5. The van der Waals surface area contributed by atoms with Crippen LogP contribution in [0.1, 0.15) is 98.8 Å². The maximum absolute atomic E-state index is 6.93. The number of ether oxygens (including phenoxy) is 2. The fourth-order valence-corrected chi connectivity index (χ4v) is 10.5. The first kappa shape index (κ1) is 20.5. The van der Waals surface area contributed by atoms with Gasteiger partial charge in [-0.3, -0.25) is 0 Å². The summed E-state index contributed by atoms with van der Waals surface area (Å²) in [7, 11) is 0. The molecule has 1 spiro atoms. The molecule has 2 nitrogen and oxygen atoms in total. The van der Waals surface area contributed by atoms with E-state index in [4.69, 9.17) is 9.47 Å². The first-order chi connectivity index (χ1) is 14.3. The van der Waals surface area contributed by atoms with Crippen molar-refractivity contribution in [1.82, 2.24) is 0 Å². The Balaban J connectivity index is 1.26. The lowest BCUT2D eigenvalue weighted by Gasteiger charge is -2.61. The first-order valence-corrected chi connectivity index (χ1v) is 13.6. The zero-order valence-corrected chi connectivity index (χ0v) is 20.3. The van der Waals surface area contributed by atoms with E-state index < -0.39 is 0 Å². The highest BCUT2D eigenvalue weighted by Gasteiger charge is 2.69. The first-order valence-electron chi connectivity index (χ1n) is 13.6. The summed E-state index contributed by atoms with van der Waals surface area (Å²) in [6, 6.07) is 0. The quantitative estimate of drug-likeness (QED) is 0.422. The number of hydrogen-bond acceptors (Lipinski definition) is 2. The van der Waals surface area contributed by atoms with Gasteiger partial charge in [0.1, 0.15) is 0 Å². The molecule has 6 rings (SSSR count). The third kappa shape index (κ3) is 2.62. The minimum absolute atomic E-state index is 0.254. The fourth-order valence-electron chi connectivity index (χ4n) is 10.5. The van der Waals surface area contributed by atoms with Gasteiger partial charge in [0.25, 0.3) is 0 Å². The fraction of sp³-hybridized carbons (Fsp3) is 1.00. The van der Waals surface area contributed by atoms with E-state index >= 15 is 0 Å². The van der Waals surface area contributed by atoms with Gasteiger partial charge in [-0.1, -0.05) is 41.0 Å². The highest BCUT2D eigenvalue weighted by Crippen LogP contribution is 2.71. The molecule has 0 N–H and O–H groups in total. The Kier molecular flexibility index (Phi) is 4.60. The maximum atomic E-state index is 6.93. The van der Waals surface area contributed by atoms with Crippen LogP contribution in [0.3, 0.4) is 0 Å². The SMILES string of the molecule is C[C@@H]1CC[C@@]2(C)[C@H](CC[C@@H]3[C@@H]2CC[C@]2(C)[C@@H]4[C@H](C[C@@H]32)O[C@]2(CC[C@H](C)CO2)[C@H]4C)C1. The van der Waals surface area contributed by atoms with Crippen molar-refractivity contribution < 1.29 is 9.47 Å². The summed E-state index contributed by atoms with van der Waals surface area (Å²) < 4.78 is 13.4. The average Bonchev–Trinajstić information content (AvgIpc) is 3.16. The van der Waals surface area contributed by atoms with E-state index in [1.165, 1.54) is 57.8 Å². The van der Waals surface area contributed by atoms with Crippen molar-refractivity contribution in [3.63, 3.8) is 0 Å². The topological polar surface area (TPSA) is 18.5 Å². The second-order valence-electron chi connectivity index (χ2n) is 13.6. The number of hydrogen-bond donors (Lipinski definition) is 0. The Bertz CT molecular complexity index is 680. The molecule has 6 fully saturated rings. The van der Waals surface area contributed by atoms with Crippen LogP contribution in [0, 0.1) is 58.2 Å². The Hall–Kier alpha value is -0.0800. The van der Waals surface area contributed by atoms with Crippen LogP contribution in [-0.4, -0.2) is 18.5 Å². The van der Waals surface area contributed by atoms with Crippen molar-refractivity contribution in [2.75, 3.05) is 6.61 Å². The summed E-state index contributed by atoms with van der Waals surface area (Å²) in [6.07, 6.45) is 14.6. The molecule has 12 atom stereocenters. The Morgan fingerprint density at radius 1 is 0.733 bits per heavy atom. The molecule has 0 aromatic heterocycles. The van der Waals surface area contributed by atoms with Gasteiger partial charge in [-0.05, 0) is 104 Å². The van der Waals surface area contributed by atoms with E-state index in [1.807, 2.05) is 0 Å². The largest absolute Gasteiger partial charge is 0.349 e. The number of rotatable bonds is 0. The molecule has 0 bridgehead atoms. The Morgan fingerprint density at radius 3 is 2.27 bits per heavy atom. The molecule has 0 unspecified atom stereocenters. The highest BCUT2D eigenvalue weighted by atomic mass is 16.7. The number of fused-ring (bicyclic) bond motifs is 7. The molecular weight excluding hydrogens is 368 g/mol. The van der Waals surface area contributed by atoms with Gasteiger partial charge in [0.2, 0.25) is 0 Å². The second kappa shape index (κ2) is 6.72. The second-order valence-corrected chi connectivity index (χ2v) is 13.6. The van der Waals surface area contributed by atoms with E-state index in [1.54, 1.807) is 0 Å². The van der Waals surface area contributed by atoms with Crippen LogP contribution in [0.15, 0.2) is 0 Å². The molecule has 0 amide bonds. The predicted molar refractivity (Wildman–Crippen MR) is 121 cm³/mol. The minimum Gasteiger partial charge on any atom is -0.349 e. The molecule has 2 aliphatic heterocycles. The molecule has 2 heterocycles. The van der Waals surface area contributed by atoms with Crippen molar-refractivity contribution in [1.29, 1.82) is 0 Å². The molecule has 2 heteroatoms. The van der Waals surface area contributed by atoms with Crippen molar-refractivity contribution in [3.8, 4) is 0 Å². The molecule has 0 aromatic carbocycles. The third-order valence-corrected chi connectivity index (χ3v) is 12.2. The van der Waals surface area contributed by atoms with Gasteiger partial charge >= 0.3 is 0 Å². The summed E-state index contributed by atoms with van der Waals surface area (Å²) >= 11 is 0. The van der Waals surface area contributed by atoms with Crippen LogP contribution in [0.25, 0.3) is 0 Å². The zero-order valence-electron chi connectivity index (χ0n) is 20.3. The zero-order chi connectivity index (χ0) is 20.9. The summed E-state index contributed by atoms with van der Waals surface area (Å²) in [5.41, 5.74) is 1.11. The van der Waals surface area contributed by atoms with Crippen LogP contribution in [0.5, 0.6) is 0 Å².